The fourth-order valence-corrected chi connectivity index (χ4v) is 6.72. The first-order chi connectivity index (χ1) is 22.4. The Morgan fingerprint density at radius 1 is 0.936 bits per heavy atom. The van der Waals surface area contributed by atoms with Crippen LogP contribution in [0.15, 0.2) is 102 Å². The molecule has 4 aromatic rings. The van der Waals surface area contributed by atoms with Crippen molar-refractivity contribution in [1.82, 2.24) is 10.2 Å². The van der Waals surface area contributed by atoms with Crippen LogP contribution in [0, 0.1) is 5.82 Å². The SMILES string of the molecule is CC[C@@H](C)NC(=O)[C@@H](Cc1ccccc1)N(Cc1ccc(Cl)cc1Cl)C(=O)CN(c1ccc(F)cc1)S(=O)(=O)c1ccc(OC)cc1. The second kappa shape index (κ2) is 16.1. The summed E-state index contributed by atoms with van der Waals surface area (Å²) in [5, 5.41) is 3.64. The van der Waals surface area contributed by atoms with Gasteiger partial charge in [0.1, 0.15) is 24.2 Å². The first-order valence-electron chi connectivity index (χ1n) is 14.9. The van der Waals surface area contributed by atoms with E-state index < -0.39 is 40.2 Å². The highest BCUT2D eigenvalue weighted by molar-refractivity contribution is 7.92. The van der Waals surface area contributed by atoms with Crippen LogP contribution in [0.4, 0.5) is 10.1 Å². The molecule has 1 N–H and O–H groups in total. The van der Waals surface area contributed by atoms with Crippen LogP contribution in [-0.2, 0) is 32.6 Å². The lowest BCUT2D eigenvalue weighted by Gasteiger charge is -2.34. The van der Waals surface area contributed by atoms with Crippen LogP contribution in [0.5, 0.6) is 5.75 Å². The van der Waals surface area contributed by atoms with Gasteiger partial charge in [-0.25, -0.2) is 12.8 Å². The van der Waals surface area contributed by atoms with E-state index in [4.69, 9.17) is 27.9 Å². The molecule has 0 saturated carbocycles. The Kier molecular flexibility index (Phi) is 12.3. The third-order valence-corrected chi connectivity index (χ3v) is 10.0. The molecule has 8 nitrogen and oxygen atoms in total. The number of nitrogens with zero attached hydrogens (tertiary/aromatic N) is 2. The van der Waals surface area contributed by atoms with E-state index in [1.807, 2.05) is 44.2 Å². The molecule has 0 saturated heterocycles. The standard InChI is InChI=1S/C35H36Cl2FN3O5S/c1-4-24(2)39-35(43)33(20-25-8-6-5-7-9-25)40(22-26-10-11-27(36)21-32(26)37)34(42)23-41(29-14-12-28(38)13-15-29)47(44,45)31-18-16-30(46-3)17-19-31/h5-19,21,24,33H,4,20,22-23H2,1-3H3,(H,39,43)/t24-,33-/m1/s1. The molecule has 0 aromatic heterocycles. The van der Waals surface area contributed by atoms with Gasteiger partial charge >= 0.3 is 0 Å². The third kappa shape index (κ3) is 9.24. The first kappa shape index (κ1) is 35.7. The topological polar surface area (TPSA) is 96.0 Å². The number of halogens is 3. The average molecular weight is 701 g/mol. The fourth-order valence-electron chi connectivity index (χ4n) is 4.84. The summed E-state index contributed by atoms with van der Waals surface area (Å²) in [4.78, 5) is 29.7. The summed E-state index contributed by atoms with van der Waals surface area (Å²) in [5.41, 5.74) is 1.35. The molecule has 0 spiro atoms. The Morgan fingerprint density at radius 3 is 2.19 bits per heavy atom. The number of nitrogens with one attached hydrogen (secondary N) is 1. The van der Waals surface area contributed by atoms with E-state index in [0.717, 1.165) is 22.0 Å². The van der Waals surface area contributed by atoms with E-state index >= 15 is 0 Å². The van der Waals surface area contributed by atoms with Gasteiger partial charge in [-0.3, -0.25) is 13.9 Å². The van der Waals surface area contributed by atoms with Gasteiger partial charge in [0.2, 0.25) is 11.8 Å². The zero-order valence-electron chi connectivity index (χ0n) is 26.2. The second-order valence-electron chi connectivity index (χ2n) is 10.9. The van der Waals surface area contributed by atoms with Gasteiger partial charge in [-0.2, -0.15) is 0 Å². The predicted molar refractivity (Wildman–Crippen MR) is 183 cm³/mol. The van der Waals surface area contributed by atoms with Crippen LogP contribution in [0.1, 0.15) is 31.4 Å². The van der Waals surface area contributed by atoms with Crippen LogP contribution in [-0.4, -0.2) is 50.9 Å². The molecule has 47 heavy (non-hydrogen) atoms. The van der Waals surface area contributed by atoms with Gasteiger partial charge in [0, 0.05) is 29.1 Å². The lowest BCUT2D eigenvalue weighted by atomic mass is 10.0. The van der Waals surface area contributed by atoms with Crippen LogP contribution >= 0.6 is 23.2 Å². The summed E-state index contributed by atoms with van der Waals surface area (Å²) in [6.07, 6.45) is 0.793. The highest BCUT2D eigenvalue weighted by atomic mass is 35.5. The van der Waals surface area contributed by atoms with Crippen molar-refractivity contribution in [2.45, 2.75) is 50.2 Å². The minimum Gasteiger partial charge on any atom is -0.497 e. The lowest BCUT2D eigenvalue weighted by molar-refractivity contribution is -0.140. The Morgan fingerprint density at radius 2 is 1.60 bits per heavy atom. The second-order valence-corrected chi connectivity index (χ2v) is 13.7. The Hall–Kier alpha value is -4.12. The van der Waals surface area contributed by atoms with Crippen LogP contribution < -0.4 is 14.4 Å². The zero-order valence-corrected chi connectivity index (χ0v) is 28.5. The summed E-state index contributed by atoms with van der Waals surface area (Å²) >= 11 is 12.7. The van der Waals surface area contributed by atoms with E-state index in [1.165, 1.54) is 54.5 Å². The van der Waals surface area contributed by atoms with Gasteiger partial charge in [0.25, 0.3) is 10.0 Å². The largest absolute Gasteiger partial charge is 0.497 e. The highest BCUT2D eigenvalue weighted by Gasteiger charge is 2.35. The molecule has 0 heterocycles. The van der Waals surface area contributed by atoms with Crippen molar-refractivity contribution in [3.8, 4) is 5.75 Å². The van der Waals surface area contributed by atoms with Crippen molar-refractivity contribution in [3.05, 3.63) is 124 Å². The van der Waals surface area contributed by atoms with E-state index in [1.54, 1.807) is 12.1 Å². The fraction of sp³-hybridized carbons (Fsp3) is 0.257. The molecule has 4 rings (SSSR count). The Bertz CT molecular complexity index is 1780. The molecular weight excluding hydrogens is 664 g/mol. The van der Waals surface area contributed by atoms with Crippen molar-refractivity contribution in [3.63, 3.8) is 0 Å². The van der Waals surface area contributed by atoms with Crippen LogP contribution in [0.25, 0.3) is 0 Å². The summed E-state index contributed by atoms with van der Waals surface area (Å²) in [7, 11) is -2.92. The van der Waals surface area contributed by atoms with E-state index in [-0.39, 0.29) is 34.6 Å². The summed E-state index contributed by atoms with van der Waals surface area (Å²) < 4.78 is 48.3. The number of amides is 2. The highest BCUT2D eigenvalue weighted by Crippen LogP contribution is 2.28. The monoisotopic (exact) mass is 699 g/mol. The summed E-state index contributed by atoms with van der Waals surface area (Å²) in [5.74, 6) is -1.23. The first-order valence-corrected chi connectivity index (χ1v) is 17.1. The maximum atomic E-state index is 14.5. The smallest absolute Gasteiger partial charge is 0.264 e. The number of anilines is 1. The molecule has 2 amide bonds. The number of benzene rings is 4. The van der Waals surface area contributed by atoms with Crippen LogP contribution in [0.3, 0.4) is 0 Å². The number of rotatable bonds is 14. The third-order valence-electron chi connectivity index (χ3n) is 7.67. The molecule has 0 bridgehead atoms. The van der Waals surface area contributed by atoms with Gasteiger partial charge < -0.3 is 15.0 Å². The molecule has 0 fully saturated rings. The summed E-state index contributed by atoms with van der Waals surface area (Å²) in [6.45, 7) is 2.96. The number of ether oxygens (including phenoxy) is 1. The van der Waals surface area contributed by atoms with E-state index in [9.17, 15) is 22.4 Å². The Labute approximate surface area is 285 Å². The minimum atomic E-state index is -4.37. The van der Waals surface area contributed by atoms with Crippen molar-refractivity contribution in [1.29, 1.82) is 0 Å². The molecule has 2 atom stereocenters. The minimum absolute atomic E-state index is 0.0590. The van der Waals surface area contributed by atoms with Gasteiger partial charge in [-0.05, 0) is 85.1 Å². The zero-order chi connectivity index (χ0) is 34.1. The van der Waals surface area contributed by atoms with Gasteiger partial charge in [-0.15, -0.1) is 0 Å². The average Bonchev–Trinajstić information content (AvgIpc) is 3.06. The summed E-state index contributed by atoms with van der Waals surface area (Å²) in [6, 6.07) is 23.2. The number of sulfonamides is 1. The predicted octanol–water partition coefficient (Wildman–Crippen LogP) is 6.89. The molecule has 0 aliphatic carbocycles. The maximum Gasteiger partial charge on any atom is 0.264 e. The molecule has 248 valence electrons. The van der Waals surface area contributed by atoms with Gasteiger partial charge in [0.05, 0.1) is 17.7 Å². The van der Waals surface area contributed by atoms with Gasteiger partial charge in [0.15, 0.2) is 0 Å². The van der Waals surface area contributed by atoms with E-state index in [0.29, 0.717) is 22.8 Å². The maximum absolute atomic E-state index is 14.5. The molecule has 0 unspecified atom stereocenters. The quantitative estimate of drug-likeness (QED) is 0.155. The van der Waals surface area contributed by atoms with Crippen molar-refractivity contribution < 1.29 is 27.1 Å². The molecule has 0 radical (unpaired) electrons. The number of methoxy groups -OCH3 is 1. The number of carbonyl (C=O) groups excluding carboxylic acids is 2. The number of hydrogen-bond acceptors (Lipinski definition) is 5. The lowest BCUT2D eigenvalue weighted by Crippen LogP contribution is -2.54. The van der Waals surface area contributed by atoms with Crippen molar-refractivity contribution in [2.75, 3.05) is 18.0 Å². The molecule has 0 aliphatic rings. The van der Waals surface area contributed by atoms with Crippen molar-refractivity contribution >= 4 is 50.7 Å². The van der Waals surface area contributed by atoms with Crippen molar-refractivity contribution in [2.24, 2.45) is 0 Å². The molecule has 12 heteroatoms. The Balaban J connectivity index is 1.82. The van der Waals surface area contributed by atoms with Gasteiger partial charge in [-0.1, -0.05) is 66.5 Å². The molecular formula is C35H36Cl2FN3O5S. The normalized spacial score (nSPS) is 12.6. The van der Waals surface area contributed by atoms with Crippen LogP contribution in [0.2, 0.25) is 10.0 Å². The molecule has 4 aromatic carbocycles. The number of hydrogen-bond donors (Lipinski definition) is 1. The molecule has 0 aliphatic heterocycles. The van der Waals surface area contributed by atoms with E-state index in [2.05, 4.69) is 5.32 Å². The number of carbonyl (C=O) groups is 2.